The quantitative estimate of drug-likeness (QED) is 0.844. The van der Waals surface area contributed by atoms with Gasteiger partial charge in [0.05, 0.1) is 22.2 Å². The zero-order valence-electron chi connectivity index (χ0n) is 11.1. The first kappa shape index (κ1) is 14.3. The molecule has 7 nitrogen and oxygen atoms in total. The van der Waals surface area contributed by atoms with Gasteiger partial charge in [-0.2, -0.15) is 0 Å². The molecular formula is C12H14ClN5O2S. The van der Waals surface area contributed by atoms with Gasteiger partial charge in [-0.15, -0.1) is 5.10 Å². The molecule has 1 aromatic carbocycles. The summed E-state index contributed by atoms with van der Waals surface area (Å²) in [6.07, 6.45) is 0.631. The second-order valence-electron chi connectivity index (χ2n) is 5.16. The topological polar surface area (TPSA) is 104 Å². The van der Waals surface area contributed by atoms with Crippen LogP contribution in [0.5, 0.6) is 0 Å². The molecule has 1 saturated heterocycles. The molecule has 1 fully saturated rings. The number of aromatic nitrogens is 4. The number of rotatable bonds is 3. The molecule has 21 heavy (non-hydrogen) atoms. The maximum Gasteiger partial charge on any atom is 0.183 e. The Balaban J connectivity index is 1.90. The fraction of sp³-hybridized carbons (Fsp3) is 0.417. The first-order valence-electron chi connectivity index (χ1n) is 6.47. The summed E-state index contributed by atoms with van der Waals surface area (Å²) in [5.74, 6) is 0.930. The van der Waals surface area contributed by atoms with Gasteiger partial charge < -0.3 is 5.73 Å². The van der Waals surface area contributed by atoms with Gasteiger partial charge in [0.25, 0.3) is 0 Å². The minimum atomic E-state index is -2.92. The molecule has 112 valence electrons. The molecule has 0 amide bonds. The number of nitrogens with zero attached hydrogens (tertiary/aromatic N) is 4. The Labute approximate surface area is 127 Å². The molecule has 2 aromatic rings. The van der Waals surface area contributed by atoms with Gasteiger partial charge >= 0.3 is 0 Å². The van der Waals surface area contributed by atoms with Crippen LogP contribution in [0.2, 0.25) is 5.02 Å². The van der Waals surface area contributed by atoms with Gasteiger partial charge in [-0.05, 0) is 34.9 Å². The first-order valence-corrected chi connectivity index (χ1v) is 8.67. The molecule has 1 atom stereocenters. The van der Waals surface area contributed by atoms with Crippen LogP contribution in [0.1, 0.15) is 6.42 Å². The van der Waals surface area contributed by atoms with Gasteiger partial charge in [0, 0.05) is 12.1 Å². The van der Waals surface area contributed by atoms with E-state index in [9.17, 15) is 8.42 Å². The van der Waals surface area contributed by atoms with E-state index < -0.39 is 9.84 Å². The number of nitrogens with two attached hydrogens (primary N) is 1. The summed E-state index contributed by atoms with van der Waals surface area (Å²) in [6, 6.07) is 5.26. The summed E-state index contributed by atoms with van der Waals surface area (Å²) in [7, 11) is -2.92. The third-order valence-electron chi connectivity index (χ3n) is 3.56. The monoisotopic (exact) mass is 327 g/mol. The van der Waals surface area contributed by atoms with Gasteiger partial charge in [-0.3, -0.25) is 0 Å². The van der Waals surface area contributed by atoms with E-state index in [0.717, 1.165) is 0 Å². The summed E-state index contributed by atoms with van der Waals surface area (Å²) >= 11 is 6.19. The number of hydrogen-bond donors (Lipinski definition) is 1. The molecule has 1 aromatic heterocycles. The largest absolute Gasteiger partial charge is 0.398 e. The molecule has 1 unspecified atom stereocenters. The maximum atomic E-state index is 11.5. The molecule has 0 saturated carbocycles. The van der Waals surface area contributed by atoms with E-state index in [1.54, 1.807) is 22.9 Å². The molecule has 0 radical (unpaired) electrons. The number of hydrogen-bond acceptors (Lipinski definition) is 6. The lowest BCUT2D eigenvalue weighted by Crippen LogP contribution is -2.14. The van der Waals surface area contributed by atoms with Crippen molar-refractivity contribution in [1.29, 1.82) is 0 Å². The molecule has 1 aliphatic heterocycles. The third kappa shape index (κ3) is 2.86. The Morgan fingerprint density at radius 2 is 2.24 bits per heavy atom. The lowest BCUT2D eigenvalue weighted by atomic mass is 10.1. The summed E-state index contributed by atoms with van der Waals surface area (Å²) in [5, 5.41) is 12.0. The normalized spacial score (nSPS) is 20.7. The van der Waals surface area contributed by atoms with Crippen LogP contribution in [0.25, 0.3) is 11.4 Å². The zero-order valence-corrected chi connectivity index (χ0v) is 12.7. The molecule has 2 heterocycles. The van der Waals surface area contributed by atoms with Crippen LogP contribution in [-0.4, -0.2) is 40.1 Å². The molecular weight excluding hydrogens is 314 g/mol. The van der Waals surface area contributed by atoms with Crippen LogP contribution >= 0.6 is 11.6 Å². The number of halogens is 1. The summed E-state index contributed by atoms with van der Waals surface area (Å²) in [5.41, 5.74) is 6.88. The van der Waals surface area contributed by atoms with E-state index in [0.29, 0.717) is 35.1 Å². The molecule has 0 bridgehead atoms. The standard InChI is InChI=1S/C12H14ClN5O2S/c13-11-9(2-1-3-10(11)14)12-15-16-17-18(12)6-8-4-5-21(19,20)7-8/h1-3,8H,4-7,14H2. The van der Waals surface area contributed by atoms with Crippen LogP contribution in [0.15, 0.2) is 18.2 Å². The number of tetrazole rings is 1. The van der Waals surface area contributed by atoms with Crippen molar-refractivity contribution in [3.63, 3.8) is 0 Å². The second-order valence-corrected chi connectivity index (χ2v) is 7.77. The van der Waals surface area contributed by atoms with E-state index in [1.807, 2.05) is 0 Å². The number of anilines is 1. The predicted octanol–water partition coefficient (Wildman–Crippen LogP) is 1.01. The number of nitrogen functional groups attached to an aromatic ring is 1. The Hall–Kier alpha value is -1.67. The maximum absolute atomic E-state index is 11.5. The highest BCUT2D eigenvalue weighted by Crippen LogP contribution is 2.31. The third-order valence-corrected chi connectivity index (χ3v) is 5.82. The fourth-order valence-corrected chi connectivity index (χ4v) is 4.56. The van der Waals surface area contributed by atoms with Crippen molar-refractivity contribution in [2.24, 2.45) is 5.92 Å². The highest BCUT2D eigenvalue weighted by atomic mass is 35.5. The minimum absolute atomic E-state index is 0.0251. The second kappa shape index (κ2) is 5.27. The van der Waals surface area contributed by atoms with Gasteiger partial charge in [-0.25, -0.2) is 13.1 Å². The van der Waals surface area contributed by atoms with E-state index >= 15 is 0 Å². The van der Waals surface area contributed by atoms with Crippen LogP contribution < -0.4 is 5.73 Å². The molecule has 0 spiro atoms. The lowest BCUT2D eigenvalue weighted by molar-refractivity contribution is 0.452. The Morgan fingerprint density at radius 1 is 1.43 bits per heavy atom. The van der Waals surface area contributed by atoms with Gasteiger partial charge in [-0.1, -0.05) is 17.7 Å². The molecule has 1 aliphatic rings. The predicted molar refractivity (Wildman–Crippen MR) is 79.4 cm³/mol. The van der Waals surface area contributed by atoms with Crippen molar-refractivity contribution in [2.45, 2.75) is 13.0 Å². The average Bonchev–Trinajstić information content (AvgIpc) is 3.00. The van der Waals surface area contributed by atoms with Gasteiger partial charge in [0.15, 0.2) is 15.7 Å². The van der Waals surface area contributed by atoms with Crippen molar-refractivity contribution in [1.82, 2.24) is 20.2 Å². The van der Waals surface area contributed by atoms with Crippen LogP contribution in [0, 0.1) is 5.92 Å². The highest BCUT2D eigenvalue weighted by molar-refractivity contribution is 7.91. The van der Waals surface area contributed by atoms with Crippen LogP contribution in [-0.2, 0) is 16.4 Å². The lowest BCUT2D eigenvalue weighted by Gasteiger charge is -2.10. The van der Waals surface area contributed by atoms with Crippen molar-refractivity contribution in [2.75, 3.05) is 17.2 Å². The van der Waals surface area contributed by atoms with E-state index in [2.05, 4.69) is 15.5 Å². The van der Waals surface area contributed by atoms with Crippen molar-refractivity contribution >= 4 is 27.1 Å². The number of sulfone groups is 1. The first-order chi connectivity index (χ1) is 9.96. The van der Waals surface area contributed by atoms with Gasteiger partial charge in [0.1, 0.15) is 0 Å². The molecule has 0 aliphatic carbocycles. The SMILES string of the molecule is Nc1cccc(-c2nnnn2CC2CCS(=O)(=O)C2)c1Cl. The van der Waals surface area contributed by atoms with Gasteiger partial charge in [0.2, 0.25) is 0 Å². The van der Waals surface area contributed by atoms with E-state index in [-0.39, 0.29) is 17.4 Å². The van der Waals surface area contributed by atoms with E-state index in [1.165, 1.54) is 0 Å². The zero-order chi connectivity index (χ0) is 15.0. The average molecular weight is 328 g/mol. The Morgan fingerprint density at radius 3 is 2.95 bits per heavy atom. The smallest absolute Gasteiger partial charge is 0.183 e. The fourth-order valence-electron chi connectivity index (χ4n) is 2.50. The number of benzene rings is 1. The molecule has 2 N–H and O–H groups in total. The van der Waals surface area contributed by atoms with Crippen molar-refractivity contribution in [3.05, 3.63) is 23.2 Å². The van der Waals surface area contributed by atoms with E-state index in [4.69, 9.17) is 17.3 Å². The van der Waals surface area contributed by atoms with Crippen LogP contribution in [0.4, 0.5) is 5.69 Å². The molecule has 9 heteroatoms. The van der Waals surface area contributed by atoms with Crippen molar-refractivity contribution < 1.29 is 8.42 Å². The highest BCUT2D eigenvalue weighted by Gasteiger charge is 2.29. The summed E-state index contributed by atoms with van der Waals surface area (Å²) in [4.78, 5) is 0. The molecule has 3 rings (SSSR count). The Kier molecular flexibility index (Phi) is 3.58. The van der Waals surface area contributed by atoms with Crippen LogP contribution in [0.3, 0.4) is 0 Å². The summed E-state index contributed by atoms with van der Waals surface area (Å²) < 4.78 is 24.6. The Bertz CT molecular complexity index is 774. The van der Waals surface area contributed by atoms with Crippen molar-refractivity contribution in [3.8, 4) is 11.4 Å². The minimum Gasteiger partial charge on any atom is -0.398 e. The summed E-state index contributed by atoms with van der Waals surface area (Å²) in [6.45, 7) is 0.451.